The second-order valence-electron chi connectivity index (χ2n) is 7.60. The molecule has 7 nitrogen and oxygen atoms in total. The van der Waals surface area contributed by atoms with Crippen LogP contribution in [0.25, 0.3) is 11.3 Å². The first-order valence-electron chi connectivity index (χ1n) is 9.52. The minimum atomic E-state index is -0.0264. The van der Waals surface area contributed by atoms with E-state index in [1.807, 2.05) is 37.8 Å². The quantitative estimate of drug-likeness (QED) is 0.745. The molecule has 0 fully saturated rings. The predicted octanol–water partition coefficient (Wildman–Crippen LogP) is 2.30. The number of rotatable bonds is 2. The number of aromatic nitrogens is 4. The van der Waals surface area contributed by atoms with Gasteiger partial charge in [-0.3, -0.25) is 14.5 Å². The van der Waals surface area contributed by atoms with Gasteiger partial charge in [0.05, 0.1) is 29.2 Å². The molecule has 0 spiro atoms. The van der Waals surface area contributed by atoms with Crippen molar-refractivity contribution in [2.24, 2.45) is 7.05 Å². The first-order valence-corrected chi connectivity index (χ1v) is 9.52. The Morgan fingerprint density at radius 2 is 2.00 bits per heavy atom. The van der Waals surface area contributed by atoms with Gasteiger partial charge in [0.15, 0.2) is 0 Å². The highest BCUT2D eigenvalue weighted by Gasteiger charge is 2.26. The van der Waals surface area contributed by atoms with Gasteiger partial charge >= 0.3 is 0 Å². The lowest BCUT2D eigenvalue weighted by atomic mass is 10.0. The summed E-state index contributed by atoms with van der Waals surface area (Å²) in [5, 5.41) is 7.30. The maximum atomic E-state index is 11.9. The van der Waals surface area contributed by atoms with Crippen LogP contribution in [-0.4, -0.2) is 32.2 Å². The number of carbonyl (C=O) groups excluding carboxylic acids is 1. The second-order valence-corrected chi connectivity index (χ2v) is 7.60. The van der Waals surface area contributed by atoms with E-state index in [2.05, 4.69) is 27.4 Å². The molecule has 5 heterocycles. The maximum Gasteiger partial charge on any atom is 0.253 e. The fourth-order valence-electron chi connectivity index (χ4n) is 4.18. The molecular formula is C21H22N6O. The Morgan fingerprint density at radius 1 is 1.14 bits per heavy atom. The Labute approximate surface area is 163 Å². The molecule has 2 aliphatic heterocycles. The molecule has 142 valence electrons. The van der Waals surface area contributed by atoms with Crippen molar-refractivity contribution in [1.82, 2.24) is 25.1 Å². The van der Waals surface area contributed by atoms with Crippen LogP contribution >= 0.6 is 0 Å². The Kier molecular flexibility index (Phi) is 3.72. The smallest absolute Gasteiger partial charge is 0.253 e. The molecule has 0 atom stereocenters. The van der Waals surface area contributed by atoms with E-state index in [0.29, 0.717) is 12.1 Å². The van der Waals surface area contributed by atoms with Crippen molar-refractivity contribution in [2.75, 3.05) is 11.4 Å². The van der Waals surface area contributed by atoms with Crippen LogP contribution in [0, 0.1) is 13.8 Å². The molecule has 5 rings (SSSR count). The summed E-state index contributed by atoms with van der Waals surface area (Å²) in [5.41, 5.74) is 8.10. The normalized spacial score (nSPS) is 15.4. The van der Waals surface area contributed by atoms with Crippen LogP contribution in [0.1, 0.15) is 38.6 Å². The van der Waals surface area contributed by atoms with Crippen LogP contribution in [0.3, 0.4) is 0 Å². The number of anilines is 1. The molecule has 28 heavy (non-hydrogen) atoms. The Hall–Kier alpha value is -3.22. The Morgan fingerprint density at radius 3 is 2.79 bits per heavy atom. The van der Waals surface area contributed by atoms with E-state index in [0.717, 1.165) is 59.2 Å². The summed E-state index contributed by atoms with van der Waals surface area (Å²) in [6.07, 6.45) is 2.83. The summed E-state index contributed by atoms with van der Waals surface area (Å²) < 4.78 is 1.90. The van der Waals surface area contributed by atoms with Crippen molar-refractivity contribution in [1.29, 1.82) is 0 Å². The molecule has 2 aliphatic rings. The lowest BCUT2D eigenvalue weighted by Crippen LogP contribution is -2.32. The van der Waals surface area contributed by atoms with Gasteiger partial charge in [-0.15, -0.1) is 0 Å². The number of hydrogen-bond donors (Lipinski definition) is 1. The van der Waals surface area contributed by atoms with Crippen LogP contribution < -0.4 is 10.2 Å². The van der Waals surface area contributed by atoms with Crippen molar-refractivity contribution < 1.29 is 4.79 Å². The van der Waals surface area contributed by atoms with E-state index in [1.54, 1.807) is 0 Å². The molecule has 1 N–H and O–H groups in total. The van der Waals surface area contributed by atoms with E-state index >= 15 is 0 Å². The fraction of sp³-hybridized carbons (Fsp3) is 0.333. The van der Waals surface area contributed by atoms with Crippen molar-refractivity contribution in [3.05, 3.63) is 58.2 Å². The molecule has 3 aromatic rings. The molecule has 0 aliphatic carbocycles. The van der Waals surface area contributed by atoms with E-state index in [9.17, 15) is 4.79 Å². The molecule has 0 saturated heterocycles. The molecule has 0 aromatic carbocycles. The van der Waals surface area contributed by atoms with Gasteiger partial charge in [-0.1, -0.05) is 0 Å². The number of nitrogens with one attached hydrogen (secondary N) is 1. The molecule has 0 saturated carbocycles. The van der Waals surface area contributed by atoms with Gasteiger partial charge in [0.2, 0.25) is 0 Å². The zero-order valence-electron chi connectivity index (χ0n) is 16.3. The topological polar surface area (TPSA) is 75.9 Å². The lowest BCUT2D eigenvalue weighted by molar-refractivity contribution is 0.0965. The average molecular weight is 374 g/mol. The third-order valence-electron chi connectivity index (χ3n) is 5.56. The van der Waals surface area contributed by atoms with Crippen LogP contribution in [-0.2, 0) is 26.6 Å². The number of pyridine rings is 2. The Bertz CT molecular complexity index is 1120. The summed E-state index contributed by atoms with van der Waals surface area (Å²) in [6, 6.07) is 6.27. The summed E-state index contributed by atoms with van der Waals surface area (Å²) in [7, 11) is 1.96. The summed E-state index contributed by atoms with van der Waals surface area (Å²) >= 11 is 0. The summed E-state index contributed by atoms with van der Waals surface area (Å²) in [5.74, 6) is 0.934. The van der Waals surface area contributed by atoms with Gasteiger partial charge in [-0.2, -0.15) is 5.10 Å². The maximum absolute atomic E-state index is 11.9. The summed E-state index contributed by atoms with van der Waals surface area (Å²) in [6.45, 7) is 6.17. The Balaban J connectivity index is 1.49. The van der Waals surface area contributed by atoms with Gasteiger partial charge in [-0.05, 0) is 43.2 Å². The number of nitrogens with zero attached hydrogens (tertiary/aromatic N) is 5. The predicted molar refractivity (Wildman–Crippen MR) is 106 cm³/mol. The lowest BCUT2D eigenvalue weighted by Gasteiger charge is -2.30. The molecule has 0 bridgehead atoms. The third kappa shape index (κ3) is 2.66. The highest BCUT2D eigenvalue weighted by atomic mass is 16.1. The minimum Gasteiger partial charge on any atom is -0.352 e. The van der Waals surface area contributed by atoms with E-state index in [4.69, 9.17) is 9.97 Å². The highest BCUT2D eigenvalue weighted by Crippen LogP contribution is 2.30. The monoisotopic (exact) mass is 374 g/mol. The van der Waals surface area contributed by atoms with Gasteiger partial charge < -0.3 is 10.2 Å². The SMILES string of the molecule is Cc1cc(-c2cnc3c(c2)CN(c2nc4c(cc2C)C(=O)NC4)CC3)n(C)n1. The van der Waals surface area contributed by atoms with Gasteiger partial charge in [0.25, 0.3) is 5.91 Å². The molecule has 3 aromatic heterocycles. The number of aryl methyl sites for hydroxylation is 3. The second kappa shape index (κ2) is 6.15. The number of fused-ring (bicyclic) bond motifs is 2. The molecule has 0 unspecified atom stereocenters. The minimum absolute atomic E-state index is 0.0264. The van der Waals surface area contributed by atoms with Crippen LogP contribution in [0.2, 0.25) is 0 Å². The van der Waals surface area contributed by atoms with Crippen LogP contribution in [0.15, 0.2) is 24.4 Å². The van der Waals surface area contributed by atoms with Crippen molar-refractivity contribution >= 4 is 11.7 Å². The van der Waals surface area contributed by atoms with E-state index < -0.39 is 0 Å². The molecule has 0 radical (unpaired) electrons. The standard InChI is InChI=1S/C21H22N6O/c1-12-6-16-18(10-23-21(16)28)24-20(12)27-5-4-17-15(11-27)8-14(9-22-17)19-7-13(2)25-26(19)3/h6-9H,4-5,10-11H2,1-3H3,(H,23,28). The molecule has 7 heteroatoms. The molecule has 1 amide bonds. The first kappa shape index (κ1) is 16.9. The van der Waals surface area contributed by atoms with E-state index in [-0.39, 0.29) is 5.91 Å². The van der Waals surface area contributed by atoms with E-state index in [1.165, 1.54) is 5.56 Å². The van der Waals surface area contributed by atoms with Crippen molar-refractivity contribution in [3.8, 4) is 11.3 Å². The van der Waals surface area contributed by atoms with Crippen molar-refractivity contribution in [3.63, 3.8) is 0 Å². The number of amides is 1. The average Bonchev–Trinajstić information content (AvgIpc) is 3.21. The first-order chi connectivity index (χ1) is 13.5. The molecular weight excluding hydrogens is 352 g/mol. The van der Waals surface area contributed by atoms with Crippen LogP contribution in [0.4, 0.5) is 5.82 Å². The largest absolute Gasteiger partial charge is 0.352 e. The highest BCUT2D eigenvalue weighted by molar-refractivity contribution is 5.98. The fourth-order valence-corrected chi connectivity index (χ4v) is 4.18. The summed E-state index contributed by atoms with van der Waals surface area (Å²) in [4.78, 5) is 23.7. The zero-order chi connectivity index (χ0) is 19.4. The van der Waals surface area contributed by atoms with Gasteiger partial charge in [-0.25, -0.2) is 4.98 Å². The van der Waals surface area contributed by atoms with Crippen molar-refractivity contribution in [2.45, 2.75) is 33.4 Å². The van der Waals surface area contributed by atoms with Gasteiger partial charge in [0.1, 0.15) is 5.82 Å². The number of carbonyl (C=O) groups is 1. The number of hydrogen-bond acceptors (Lipinski definition) is 5. The van der Waals surface area contributed by atoms with Crippen LogP contribution in [0.5, 0.6) is 0 Å². The third-order valence-corrected chi connectivity index (χ3v) is 5.56. The zero-order valence-corrected chi connectivity index (χ0v) is 16.3. The van der Waals surface area contributed by atoms with Gasteiger partial charge in [0, 0.05) is 44.0 Å².